The van der Waals surface area contributed by atoms with Gasteiger partial charge in [-0.3, -0.25) is 0 Å². The number of fused-ring (bicyclic) bond motifs is 2. The van der Waals surface area contributed by atoms with Gasteiger partial charge in [0.2, 0.25) is 0 Å². The molecule has 4 nitrogen and oxygen atoms in total. The van der Waals surface area contributed by atoms with E-state index in [-0.39, 0.29) is 11.1 Å². The van der Waals surface area contributed by atoms with Crippen LogP contribution in [-0.4, -0.2) is 0 Å². The molecule has 4 aliphatic rings. The summed E-state index contributed by atoms with van der Waals surface area (Å²) in [5, 5.41) is 0. The molecule has 22 heavy (non-hydrogen) atoms. The quantitative estimate of drug-likeness (QED) is 0.538. The van der Waals surface area contributed by atoms with E-state index in [1.807, 2.05) is 12.1 Å². The van der Waals surface area contributed by atoms with E-state index in [1.165, 1.54) is 0 Å². The highest BCUT2D eigenvalue weighted by Crippen LogP contribution is 2.36. The van der Waals surface area contributed by atoms with Crippen molar-refractivity contribution >= 4 is 0 Å². The van der Waals surface area contributed by atoms with Crippen LogP contribution in [-0.2, 0) is 0 Å². The maximum Gasteiger partial charge on any atom is 0.345 e. The van der Waals surface area contributed by atoms with Crippen molar-refractivity contribution in [1.82, 2.24) is 0 Å². The lowest BCUT2D eigenvalue weighted by molar-refractivity contribution is 0.541. The summed E-state index contributed by atoms with van der Waals surface area (Å²) in [5.74, 6) is 0.887. The molecule has 0 fully saturated rings. The maximum atomic E-state index is 12.3. The van der Waals surface area contributed by atoms with E-state index >= 15 is 0 Å². The van der Waals surface area contributed by atoms with Crippen LogP contribution in [0.5, 0.6) is 0 Å². The van der Waals surface area contributed by atoms with Crippen molar-refractivity contribution < 1.29 is 8.83 Å². The Morgan fingerprint density at radius 1 is 0.545 bits per heavy atom. The summed E-state index contributed by atoms with van der Waals surface area (Å²) in [6.45, 7) is 0. The molecule has 0 aromatic rings. The largest absolute Gasteiger partial charge is 0.422 e. The molecule has 106 valence electrons. The van der Waals surface area contributed by atoms with Crippen molar-refractivity contribution in [3.63, 3.8) is 0 Å². The molecule has 2 heterocycles. The minimum atomic E-state index is -0.535. The second-order valence-electron chi connectivity index (χ2n) is 4.91. The highest BCUT2D eigenvalue weighted by Gasteiger charge is 2.26. The molecule has 0 atom stereocenters. The minimum absolute atomic E-state index is 0.251. The van der Waals surface area contributed by atoms with E-state index < -0.39 is 11.3 Å². The van der Waals surface area contributed by atoms with E-state index in [1.54, 1.807) is 48.5 Å². The zero-order valence-corrected chi connectivity index (χ0v) is 11.4. The number of hydrogen-bond acceptors (Lipinski definition) is 4. The predicted molar refractivity (Wildman–Crippen MR) is 82.2 cm³/mol. The molecule has 2 aliphatic heterocycles. The van der Waals surface area contributed by atoms with Crippen molar-refractivity contribution in [1.29, 1.82) is 0 Å². The van der Waals surface area contributed by atoms with Crippen LogP contribution in [0.1, 0.15) is 0 Å². The standard InChI is InChI=1S/C18H10O4/c19-17-15(11-7-3-1-5-9-13(11)21-17)16-12-8-4-2-6-10-14(12)22-18(16)20/h1-10H. The van der Waals surface area contributed by atoms with Crippen LogP contribution in [0.4, 0.5) is 0 Å². The van der Waals surface area contributed by atoms with Gasteiger partial charge in [0, 0.05) is 11.1 Å². The monoisotopic (exact) mass is 290 g/mol. The second-order valence-corrected chi connectivity index (χ2v) is 4.91. The van der Waals surface area contributed by atoms with Crippen LogP contribution >= 0.6 is 0 Å². The fourth-order valence-corrected chi connectivity index (χ4v) is 2.65. The Kier molecular flexibility index (Phi) is 2.69. The van der Waals surface area contributed by atoms with Gasteiger partial charge in [0.15, 0.2) is 0 Å². The molecule has 0 saturated carbocycles. The molecule has 0 saturated heterocycles. The molecule has 0 radical (unpaired) electrons. The van der Waals surface area contributed by atoms with Crippen molar-refractivity contribution in [2.24, 2.45) is 0 Å². The van der Waals surface area contributed by atoms with Gasteiger partial charge in [0.1, 0.15) is 11.5 Å². The first-order chi connectivity index (χ1) is 10.8. The number of furan rings is 2. The van der Waals surface area contributed by atoms with Gasteiger partial charge in [-0.05, 0) is 12.1 Å². The van der Waals surface area contributed by atoms with Crippen LogP contribution in [0.3, 0.4) is 0 Å². The highest BCUT2D eigenvalue weighted by atomic mass is 16.4. The molecule has 2 aliphatic carbocycles. The summed E-state index contributed by atoms with van der Waals surface area (Å²) in [4.78, 5) is 24.5. The highest BCUT2D eigenvalue weighted by molar-refractivity contribution is 5.89. The third-order valence-corrected chi connectivity index (χ3v) is 3.60. The third-order valence-electron chi connectivity index (χ3n) is 3.60. The molecule has 0 spiro atoms. The van der Waals surface area contributed by atoms with Gasteiger partial charge in [-0.1, -0.05) is 48.5 Å². The molecule has 0 aromatic carbocycles. The van der Waals surface area contributed by atoms with Crippen molar-refractivity contribution in [3.05, 3.63) is 81.5 Å². The minimum Gasteiger partial charge on any atom is -0.422 e. The summed E-state index contributed by atoms with van der Waals surface area (Å²) in [6.07, 6.45) is 0. The van der Waals surface area contributed by atoms with Crippen LogP contribution in [0.25, 0.3) is 33.8 Å². The van der Waals surface area contributed by atoms with Crippen LogP contribution in [0.2, 0.25) is 0 Å². The Morgan fingerprint density at radius 3 is 1.41 bits per heavy atom. The first-order valence-corrected chi connectivity index (χ1v) is 6.80. The Morgan fingerprint density at radius 2 is 0.955 bits per heavy atom. The normalized spacial score (nSPS) is 11.1. The van der Waals surface area contributed by atoms with Gasteiger partial charge < -0.3 is 8.83 Å². The molecule has 4 rings (SSSR count). The van der Waals surface area contributed by atoms with Crippen molar-refractivity contribution in [2.75, 3.05) is 0 Å². The van der Waals surface area contributed by atoms with Gasteiger partial charge in [-0.15, -0.1) is 0 Å². The lowest BCUT2D eigenvalue weighted by Gasteiger charge is -1.95. The Balaban J connectivity index is 2.12. The third kappa shape index (κ3) is 1.78. The number of hydrogen-bond donors (Lipinski definition) is 0. The Hall–Kier alpha value is -3.14. The predicted octanol–water partition coefficient (Wildman–Crippen LogP) is 3.47. The first kappa shape index (κ1) is 12.6. The average molecular weight is 290 g/mol. The lowest BCUT2D eigenvalue weighted by atomic mass is 10.00. The van der Waals surface area contributed by atoms with E-state index in [4.69, 9.17) is 8.83 Å². The van der Waals surface area contributed by atoms with Gasteiger partial charge in [0.25, 0.3) is 0 Å². The summed E-state index contributed by atoms with van der Waals surface area (Å²) in [5.41, 5.74) is 0.630. The van der Waals surface area contributed by atoms with E-state index in [2.05, 4.69) is 0 Å². The fourth-order valence-electron chi connectivity index (χ4n) is 2.65. The molecule has 0 N–H and O–H groups in total. The average Bonchev–Trinajstić information content (AvgIpc) is 2.78. The fraction of sp³-hybridized carbons (Fsp3) is 0. The SMILES string of the molecule is O=c1oc2cccccc-2c1-c1c2cccccc-2oc1=O. The van der Waals surface area contributed by atoms with Crippen LogP contribution in [0, 0.1) is 0 Å². The first-order valence-electron chi connectivity index (χ1n) is 6.80. The smallest absolute Gasteiger partial charge is 0.345 e. The summed E-state index contributed by atoms with van der Waals surface area (Å²) in [7, 11) is 0. The molecule has 0 unspecified atom stereocenters. The van der Waals surface area contributed by atoms with E-state index in [9.17, 15) is 9.59 Å². The van der Waals surface area contributed by atoms with Crippen molar-refractivity contribution in [3.8, 4) is 33.8 Å². The summed E-state index contributed by atoms with van der Waals surface area (Å²) >= 11 is 0. The lowest BCUT2D eigenvalue weighted by Crippen LogP contribution is -2.04. The molecule has 0 amide bonds. The van der Waals surface area contributed by atoms with Crippen LogP contribution in [0.15, 0.2) is 79.1 Å². The maximum absolute atomic E-state index is 12.3. The number of rotatable bonds is 1. The zero-order valence-electron chi connectivity index (χ0n) is 11.4. The van der Waals surface area contributed by atoms with E-state index in [0.29, 0.717) is 22.6 Å². The summed E-state index contributed by atoms with van der Waals surface area (Å²) < 4.78 is 10.5. The van der Waals surface area contributed by atoms with Crippen LogP contribution < -0.4 is 11.3 Å². The molecule has 4 heteroatoms. The summed E-state index contributed by atoms with van der Waals surface area (Å²) in [6, 6.07) is 17.7. The van der Waals surface area contributed by atoms with Crippen molar-refractivity contribution in [2.45, 2.75) is 0 Å². The Labute approximate surface area is 124 Å². The van der Waals surface area contributed by atoms with Gasteiger partial charge >= 0.3 is 11.3 Å². The molecular formula is C18H10O4. The molecule has 0 bridgehead atoms. The van der Waals surface area contributed by atoms with E-state index in [0.717, 1.165) is 0 Å². The molecular weight excluding hydrogens is 280 g/mol. The van der Waals surface area contributed by atoms with Gasteiger partial charge in [-0.2, -0.15) is 0 Å². The topological polar surface area (TPSA) is 60.4 Å². The second kappa shape index (κ2) is 4.70. The van der Waals surface area contributed by atoms with Gasteiger partial charge in [0.05, 0.1) is 11.1 Å². The Bertz CT molecular complexity index is 941. The molecule has 0 aromatic heterocycles. The van der Waals surface area contributed by atoms with Gasteiger partial charge in [-0.25, -0.2) is 9.59 Å². The zero-order chi connectivity index (χ0) is 15.1.